The topological polar surface area (TPSA) is 282 Å². The van der Waals surface area contributed by atoms with E-state index in [0.29, 0.717) is 74.9 Å². The molecule has 4 aliphatic heterocycles. The molecule has 8 heterocycles. The van der Waals surface area contributed by atoms with Gasteiger partial charge in [-0.2, -0.15) is 21.0 Å². The predicted molar refractivity (Wildman–Crippen MR) is 264 cm³/mol. The van der Waals surface area contributed by atoms with Gasteiger partial charge >= 0.3 is 12.2 Å². The number of amides is 2. The fourth-order valence-electron chi connectivity index (χ4n) is 7.77. The first-order chi connectivity index (χ1) is 31.3. The van der Waals surface area contributed by atoms with Crippen LogP contribution in [0.15, 0.2) is 0 Å². The van der Waals surface area contributed by atoms with Gasteiger partial charge in [0.2, 0.25) is 0 Å². The highest BCUT2D eigenvalue weighted by atomic mass is 32.1. The number of fused-ring (bicyclic) bond motifs is 4. The molecule has 16 nitrogen and oxygen atoms in total. The van der Waals surface area contributed by atoms with Gasteiger partial charge in [0.1, 0.15) is 55.5 Å². The number of anilines is 4. The van der Waals surface area contributed by atoms with Gasteiger partial charge in [-0.3, -0.25) is 0 Å². The lowest BCUT2D eigenvalue weighted by Gasteiger charge is -2.26. The molecule has 10 N–H and O–H groups in total. The molecule has 8 rings (SSSR count). The van der Waals surface area contributed by atoms with Gasteiger partial charge < -0.3 is 52.8 Å². The first-order valence-corrected chi connectivity index (χ1v) is 25.1. The number of ether oxygens (including phenoxy) is 2. The summed E-state index contributed by atoms with van der Waals surface area (Å²) in [6, 6.07) is 8.71. The highest BCUT2D eigenvalue weighted by Gasteiger charge is 2.29. The maximum absolute atomic E-state index is 12.1. The summed E-state index contributed by atoms with van der Waals surface area (Å²) in [6.45, 7) is 17.3. The zero-order valence-corrected chi connectivity index (χ0v) is 41.8. The Morgan fingerprint density at radius 2 is 0.939 bits per heavy atom. The molecule has 352 valence electrons. The smallest absolute Gasteiger partial charge is 0.410 e. The van der Waals surface area contributed by atoms with Crippen LogP contribution in [0.25, 0.3) is 0 Å². The minimum absolute atomic E-state index is 0.292. The number of carbonyl (C=O) groups excluding carboxylic acids is 2. The van der Waals surface area contributed by atoms with Crippen LogP contribution >= 0.6 is 45.3 Å². The second kappa shape index (κ2) is 22.7. The normalized spacial score (nSPS) is 15.5. The summed E-state index contributed by atoms with van der Waals surface area (Å²) in [7, 11) is 0. The van der Waals surface area contributed by atoms with Gasteiger partial charge in [0.05, 0.1) is 28.8 Å². The van der Waals surface area contributed by atoms with E-state index >= 15 is 0 Å². The minimum atomic E-state index is -0.501. The third-order valence-corrected chi connectivity index (χ3v) is 15.1. The number of nitrogens with zero attached hydrogens (tertiary/aromatic N) is 6. The van der Waals surface area contributed by atoms with E-state index in [1.807, 2.05) is 41.5 Å². The van der Waals surface area contributed by atoms with Gasteiger partial charge in [-0.05, 0) is 135 Å². The van der Waals surface area contributed by atoms with E-state index in [-0.39, 0.29) is 12.2 Å². The number of hydrogen-bond acceptors (Lipinski definition) is 18. The Labute approximate surface area is 403 Å². The van der Waals surface area contributed by atoms with Crippen molar-refractivity contribution in [2.45, 2.75) is 117 Å². The van der Waals surface area contributed by atoms with E-state index in [0.717, 1.165) is 92.0 Å². The zero-order valence-electron chi connectivity index (χ0n) is 38.6. The number of nitrogens with one attached hydrogen (secondary N) is 2. The van der Waals surface area contributed by atoms with Crippen LogP contribution in [0.2, 0.25) is 0 Å². The van der Waals surface area contributed by atoms with Crippen molar-refractivity contribution in [2.24, 2.45) is 0 Å². The second-order valence-electron chi connectivity index (χ2n) is 17.9. The summed E-state index contributed by atoms with van der Waals surface area (Å²) in [5.74, 6) is 0. The van der Waals surface area contributed by atoms with E-state index in [1.165, 1.54) is 43.6 Å². The Balaban J connectivity index is 0.000000168. The highest BCUT2D eigenvalue weighted by Crippen LogP contribution is 2.36. The van der Waals surface area contributed by atoms with Crippen molar-refractivity contribution in [2.75, 3.05) is 62.2 Å². The molecular formula is C46H60N12O4S4. The lowest BCUT2D eigenvalue weighted by molar-refractivity contribution is 0.0234. The van der Waals surface area contributed by atoms with Crippen LogP contribution < -0.4 is 33.6 Å². The zero-order chi connectivity index (χ0) is 48.3. The van der Waals surface area contributed by atoms with Crippen molar-refractivity contribution in [1.29, 1.82) is 21.0 Å². The summed E-state index contributed by atoms with van der Waals surface area (Å²) in [4.78, 5) is 32.3. The van der Waals surface area contributed by atoms with Gasteiger partial charge in [-0.25, -0.2) is 9.59 Å². The molecule has 0 saturated carbocycles. The van der Waals surface area contributed by atoms with E-state index in [4.69, 9.17) is 53.5 Å². The van der Waals surface area contributed by atoms with Crippen molar-refractivity contribution >= 4 is 77.5 Å². The Morgan fingerprint density at radius 1 is 0.515 bits per heavy atom. The van der Waals surface area contributed by atoms with E-state index in [1.54, 1.807) is 32.5 Å². The summed E-state index contributed by atoms with van der Waals surface area (Å²) >= 11 is 5.98. The monoisotopic (exact) mass is 972 g/mol. The van der Waals surface area contributed by atoms with Crippen molar-refractivity contribution in [3.05, 3.63) is 64.0 Å². The second-order valence-corrected chi connectivity index (χ2v) is 22.5. The molecule has 0 aliphatic carbocycles. The van der Waals surface area contributed by atoms with Crippen LogP contribution in [0.5, 0.6) is 0 Å². The molecule has 4 aromatic heterocycles. The number of carbonyl (C=O) groups is 2. The Kier molecular flexibility index (Phi) is 17.7. The van der Waals surface area contributed by atoms with Gasteiger partial charge in [0, 0.05) is 45.7 Å². The first kappa shape index (κ1) is 51.4. The number of hydrogen-bond donors (Lipinski definition) is 6. The minimum Gasteiger partial charge on any atom is -0.444 e. The molecule has 0 unspecified atom stereocenters. The molecule has 20 heteroatoms. The first-order valence-electron chi connectivity index (χ1n) is 21.9. The van der Waals surface area contributed by atoms with Crippen LogP contribution in [-0.2, 0) is 61.1 Å². The van der Waals surface area contributed by atoms with Crippen LogP contribution in [0.3, 0.4) is 0 Å². The molecule has 0 atom stereocenters. The maximum Gasteiger partial charge on any atom is 0.410 e. The van der Waals surface area contributed by atoms with Gasteiger partial charge in [0.15, 0.2) is 0 Å². The van der Waals surface area contributed by atoms with Crippen LogP contribution in [0.4, 0.5) is 29.6 Å². The number of rotatable bonds is 0. The van der Waals surface area contributed by atoms with Crippen LogP contribution in [0, 0.1) is 45.3 Å². The maximum atomic E-state index is 12.1. The number of thiophene rings is 4. The molecule has 0 radical (unpaired) electrons. The van der Waals surface area contributed by atoms with Crippen LogP contribution in [-0.4, -0.2) is 72.5 Å². The molecular weight excluding hydrogens is 913 g/mol. The molecule has 0 fully saturated rings. The molecule has 4 aromatic rings. The molecule has 0 bridgehead atoms. The molecule has 66 heavy (non-hydrogen) atoms. The largest absolute Gasteiger partial charge is 0.444 e. The molecule has 2 amide bonds. The SMILES string of the molecule is CC(C)(C)OC(=O)N1CCCc2c(sc(N)c2C#N)C1.CC(C)(C)OC(=O)N1CCc2sc(N)c(C#N)c2CC1.N#Cc1c(N)sc2c1CCCNC2.N#Cc1c(N)sc2c1CCNCC2. The van der Waals surface area contributed by atoms with E-state index in [9.17, 15) is 9.59 Å². The van der Waals surface area contributed by atoms with Crippen molar-refractivity contribution in [1.82, 2.24) is 20.4 Å². The summed E-state index contributed by atoms with van der Waals surface area (Å²) < 4.78 is 10.8. The molecule has 0 spiro atoms. The van der Waals surface area contributed by atoms with Crippen molar-refractivity contribution < 1.29 is 19.1 Å². The van der Waals surface area contributed by atoms with Gasteiger partial charge in [-0.1, -0.05) is 0 Å². The Bertz CT molecular complexity index is 2480. The van der Waals surface area contributed by atoms with Crippen LogP contribution in [0.1, 0.15) is 118 Å². The summed E-state index contributed by atoms with van der Waals surface area (Å²) in [5, 5.41) is 45.3. The molecule has 4 aliphatic rings. The predicted octanol–water partition coefficient (Wildman–Crippen LogP) is 7.55. The standard InChI is InChI=1S/2C14H19N3O2S.2C9H11N3S/c1-14(2,3)19-13(18)17-6-4-9-10(8-15)12(16)20-11(9)5-7-17;1-14(2,3)19-13(18)17-6-4-5-9-10(7-15)12(16)20-11(9)8-17;10-5-7-6-1-3-12-4-2-8(6)13-9(7)11;10-4-7-6-2-1-3-12-5-8(6)13-9(7)11/h4-7,16H2,1-3H3;4-6,8,16H2,1-3H3;12H,1-4,11H2;12H,1-3,5,11H2. The fraction of sp³-hybridized carbons (Fsp3) is 0.522. The lowest BCUT2D eigenvalue weighted by Crippen LogP contribution is -2.38. The average Bonchev–Trinajstić information content (AvgIpc) is 3.62. The summed E-state index contributed by atoms with van der Waals surface area (Å²) in [6.07, 6.45) is 6.41. The number of nitrogen functional groups attached to an aromatic ring is 4. The quantitative estimate of drug-likeness (QED) is 0.0993. The molecule has 0 aromatic carbocycles. The number of nitriles is 4. The Hall–Kier alpha value is -5.58. The Morgan fingerprint density at radius 3 is 1.48 bits per heavy atom. The van der Waals surface area contributed by atoms with Gasteiger partial charge in [-0.15, -0.1) is 45.3 Å². The number of nitrogens with two attached hydrogens (primary N) is 4. The van der Waals surface area contributed by atoms with Crippen molar-refractivity contribution in [3.8, 4) is 24.3 Å². The average molecular weight is 973 g/mol. The van der Waals surface area contributed by atoms with Crippen molar-refractivity contribution in [3.63, 3.8) is 0 Å². The lowest BCUT2D eigenvalue weighted by atomic mass is 10.1. The fourth-order valence-corrected chi connectivity index (χ4v) is 12.0. The third-order valence-electron chi connectivity index (χ3n) is 10.8. The van der Waals surface area contributed by atoms with E-state index in [2.05, 4.69) is 34.9 Å². The highest BCUT2D eigenvalue weighted by molar-refractivity contribution is 7.17. The van der Waals surface area contributed by atoms with E-state index < -0.39 is 11.2 Å². The molecule has 0 saturated heterocycles. The third kappa shape index (κ3) is 13.3. The summed E-state index contributed by atoms with van der Waals surface area (Å²) in [5.41, 5.74) is 29.2. The van der Waals surface area contributed by atoms with Gasteiger partial charge in [0.25, 0.3) is 0 Å².